The largest absolute Gasteiger partial charge is 0.378 e. The number of hydrogen-bond acceptors (Lipinski definition) is 4. The molecule has 0 unspecified atom stereocenters. The summed E-state index contributed by atoms with van der Waals surface area (Å²) in [5, 5.41) is 3.01. The first-order valence-electron chi connectivity index (χ1n) is 9.46. The van der Waals surface area contributed by atoms with E-state index in [0.717, 1.165) is 43.9 Å². The van der Waals surface area contributed by atoms with Crippen LogP contribution in [0.3, 0.4) is 0 Å². The number of nitrogens with zero attached hydrogens (tertiary/aromatic N) is 2. The monoisotopic (exact) mass is 345 g/mol. The Morgan fingerprint density at radius 2 is 2.20 bits per heavy atom. The molecule has 2 aliphatic heterocycles. The van der Waals surface area contributed by atoms with Gasteiger partial charge in [-0.1, -0.05) is 6.07 Å². The van der Waals surface area contributed by atoms with Crippen LogP contribution in [0.5, 0.6) is 0 Å². The maximum Gasteiger partial charge on any atom is 0.318 e. The fraction of sp³-hybridized carbons (Fsp3) is 0.684. The van der Waals surface area contributed by atoms with Gasteiger partial charge >= 0.3 is 6.03 Å². The van der Waals surface area contributed by atoms with E-state index in [1.807, 2.05) is 17.0 Å². The van der Waals surface area contributed by atoms with E-state index < -0.39 is 0 Å². The molecule has 1 aromatic rings. The van der Waals surface area contributed by atoms with Crippen molar-refractivity contribution in [2.45, 2.75) is 56.9 Å². The van der Waals surface area contributed by atoms with Gasteiger partial charge in [0.1, 0.15) is 0 Å². The molecule has 136 valence electrons. The first-order chi connectivity index (χ1) is 12.3. The summed E-state index contributed by atoms with van der Waals surface area (Å²) in [4.78, 5) is 18.5. The molecule has 1 aromatic heterocycles. The SMILES string of the molecule is O=C(NCc1cccnc1)N1CC[C@@H]2O[C@@H](COCC3CC3)CC[C@@H]21. The molecular weight excluding hydrogens is 318 g/mol. The Kier molecular flexibility index (Phi) is 5.17. The lowest BCUT2D eigenvalue weighted by molar-refractivity contribution is -0.0967. The van der Waals surface area contributed by atoms with Gasteiger partial charge in [0, 0.05) is 32.1 Å². The highest BCUT2D eigenvalue weighted by Crippen LogP contribution is 2.32. The minimum absolute atomic E-state index is 0.00314. The molecule has 0 spiro atoms. The van der Waals surface area contributed by atoms with Crippen LogP contribution in [0, 0.1) is 5.92 Å². The highest BCUT2D eigenvalue weighted by molar-refractivity contribution is 5.75. The quantitative estimate of drug-likeness (QED) is 0.859. The summed E-state index contributed by atoms with van der Waals surface area (Å²) >= 11 is 0. The van der Waals surface area contributed by atoms with Crippen LogP contribution in [0.2, 0.25) is 0 Å². The number of rotatable bonds is 6. The predicted molar refractivity (Wildman–Crippen MR) is 93.0 cm³/mol. The molecule has 4 rings (SSSR count). The number of carbonyl (C=O) groups is 1. The van der Waals surface area contributed by atoms with E-state index in [1.54, 1.807) is 12.4 Å². The van der Waals surface area contributed by atoms with Gasteiger partial charge in [0.25, 0.3) is 0 Å². The number of urea groups is 1. The molecule has 0 aromatic carbocycles. The molecule has 3 atom stereocenters. The zero-order chi connectivity index (χ0) is 17.1. The Bertz CT molecular complexity index is 579. The van der Waals surface area contributed by atoms with E-state index >= 15 is 0 Å². The topological polar surface area (TPSA) is 63.7 Å². The van der Waals surface area contributed by atoms with E-state index in [9.17, 15) is 4.79 Å². The van der Waals surface area contributed by atoms with Gasteiger partial charge in [-0.2, -0.15) is 0 Å². The summed E-state index contributed by atoms with van der Waals surface area (Å²) in [7, 11) is 0. The number of likely N-dealkylation sites (tertiary alicyclic amines) is 1. The average Bonchev–Trinajstić information content (AvgIpc) is 3.37. The van der Waals surface area contributed by atoms with E-state index in [4.69, 9.17) is 9.47 Å². The fourth-order valence-corrected chi connectivity index (χ4v) is 3.80. The third-order valence-corrected chi connectivity index (χ3v) is 5.42. The van der Waals surface area contributed by atoms with Crippen molar-refractivity contribution in [2.24, 2.45) is 5.92 Å². The molecule has 25 heavy (non-hydrogen) atoms. The van der Waals surface area contributed by atoms with Gasteiger partial charge < -0.3 is 19.7 Å². The molecule has 0 radical (unpaired) electrons. The molecule has 6 heteroatoms. The number of pyridine rings is 1. The smallest absolute Gasteiger partial charge is 0.318 e. The maximum atomic E-state index is 12.5. The van der Waals surface area contributed by atoms with Crippen LogP contribution in [-0.4, -0.2) is 53.9 Å². The Labute approximate surface area is 148 Å². The highest BCUT2D eigenvalue weighted by Gasteiger charge is 2.42. The molecule has 3 heterocycles. The average molecular weight is 345 g/mol. The lowest BCUT2D eigenvalue weighted by Gasteiger charge is -2.35. The lowest BCUT2D eigenvalue weighted by Crippen LogP contribution is -2.49. The Balaban J connectivity index is 1.23. The van der Waals surface area contributed by atoms with Gasteiger partial charge in [-0.25, -0.2) is 4.79 Å². The van der Waals surface area contributed by atoms with E-state index in [0.29, 0.717) is 13.2 Å². The van der Waals surface area contributed by atoms with Gasteiger partial charge in [0.15, 0.2) is 0 Å². The molecule has 2 saturated heterocycles. The zero-order valence-electron chi connectivity index (χ0n) is 14.6. The molecule has 1 saturated carbocycles. The number of carbonyl (C=O) groups excluding carboxylic acids is 1. The molecule has 1 N–H and O–H groups in total. The summed E-state index contributed by atoms with van der Waals surface area (Å²) in [6, 6.07) is 4.06. The van der Waals surface area contributed by atoms with Crippen molar-refractivity contribution in [3.8, 4) is 0 Å². The number of amides is 2. The van der Waals surface area contributed by atoms with Crippen molar-refractivity contribution in [1.82, 2.24) is 15.2 Å². The van der Waals surface area contributed by atoms with E-state index in [2.05, 4.69) is 10.3 Å². The normalized spacial score (nSPS) is 28.6. The van der Waals surface area contributed by atoms with Crippen molar-refractivity contribution in [3.63, 3.8) is 0 Å². The first kappa shape index (κ1) is 16.8. The van der Waals surface area contributed by atoms with E-state index in [-0.39, 0.29) is 24.3 Å². The minimum atomic E-state index is 0.00314. The molecule has 0 bridgehead atoms. The summed E-state index contributed by atoms with van der Waals surface area (Å²) in [5.74, 6) is 0.793. The Morgan fingerprint density at radius 3 is 3.00 bits per heavy atom. The van der Waals surface area contributed by atoms with Gasteiger partial charge in [-0.05, 0) is 49.7 Å². The van der Waals surface area contributed by atoms with Crippen molar-refractivity contribution in [3.05, 3.63) is 30.1 Å². The second-order valence-corrected chi connectivity index (χ2v) is 7.42. The van der Waals surface area contributed by atoms with E-state index in [1.165, 1.54) is 12.8 Å². The first-order valence-corrected chi connectivity index (χ1v) is 9.46. The van der Waals surface area contributed by atoms with Gasteiger partial charge in [-0.3, -0.25) is 4.98 Å². The molecule has 6 nitrogen and oxygen atoms in total. The standard InChI is InChI=1S/C19H27N3O3/c23-19(21-11-15-2-1-8-20-10-15)22-9-7-18-17(22)6-5-16(25-18)13-24-12-14-3-4-14/h1-2,8,10,14,16-18H,3-7,9,11-13H2,(H,21,23)/t16-,17+,18+/m1/s1. The summed E-state index contributed by atoms with van der Waals surface area (Å²) in [6.45, 7) is 2.87. The Morgan fingerprint density at radius 1 is 1.28 bits per heavy atom. The fourth-order valence-electron chi connectivity index (χ4n) is 3.80. The van der Waals surface area contributed by atoms with Gasteiger partial charge in [0.05, 0.1) is 24.9 Å². The Hall–Kier alpha value is -1.66. The lowest BCUT2D eigenvalue weighted by atomic mass is 9.99. The second kappa shape index (κ2) is 7.70. The molecule has 1 aliphatic carbocycles. The van der Waals surface area contributed by atoms with Crippen LogP contribution in [0.25, 0.3) is 0 Å². The number of nitrogens with one attached hydrogen (secondary N) is 1. The molecule has 2 amide bonds. The second-order valence-electron chi connectivity index (χ2n) is 7.42. The van der Waals surface area contributed by atoms with Crippen LogP contribution in [0.15, 0.2) is 24.5 Å². The maximum absolute atomic E-state index is 12.5. The summed E-state index contributed by atoms with van der Waals surface area (Å²) < 4.78 is 12.0. The van der Waals surface area contributed by atoms with Crippen LogP contribution < -0.4 is 5.32 Å². The number of fused-ring (bicyclic) bond motifs is 1. The molecule has 3 aliphatic rings. The zero-order valence-corrected chi connectivity index (χ0v) is 14.6. The van der Waals surface area contributed by atoms with Crippen LogP contribution in [-0.2, 0) is 16.0 Å². The van der Waals surface area contributed by atoms with Crippen LogP contribution in [0.4, 0.5) is 4.79 Å². The van der Waals surface area contributed by atoms with Crippen molar-refractivity contribution < 1.29 is 14.3 Å². The summed E-state index contributed by atoms with van der Waals surface area (Å²) in [6.07, 6.45) is 9.40. The van der Waals surface area contributed by atoms with Crippen LogP contribution >= 0.6 is 0 Å². The number of hydrogen-bond donors (Lipinski definition) is 1. The third-order valence-electron chi connectivity index (χ3n) is 5.42. The van der Waals surface area contributed by atoms with Crippen molar-refractivity contribution in [1.29, 1.82) is 0 Å². The van der Waals surface area contributed by atoms with Gasteiger partial charge in [0.2, 0.25) is 0 Å². The number of aromatic nitrogens is 1. The third kappa shape index (κ3) is 4.30. The van der Waals surface area contributed by atoms with Crippen molar-refractivity contribution >= 4 is 6.03 Å². The van der Waals surface area contributed by atoms with Crippen molar-refractivity contribution in [2.75, 3.05) is 19.8 Å². The highest BCUT2D eigenvalue weighted by atomic mass is 16.5. The predicted octanol–water partition coefficient (Wildman–Crippen LogP) is 2.34. The minimum Gasteiger partial charge on any atom is -0.378 e. The van der Waals surface area contributed by atoms with Crippen LogP contribution in [0.1, 0.15) is 37.7 Å². The van der Waals surface area contributed by atoms with Gasteiger partial charge in [-0.15, -0.1) is 0 Å². The molecule has 3 fully saturated rings. The summed E-state index contributed by atoms with van der Waals surface area (Å²) in [5.41, 5.74) is 1.01. The molecular formula is C19H27N3O3. The number of ether oxygens (including phenoxy) is 2.